The number of nitrogens with one attached hydrogen (secondary N) is 1. The summed E-state index contributed by atoms with van der Waals surface area (Å²) in [4.78, 5) is 23.1. The van der Waals surface area contributed by atoms with E-state index in [4.69, 9.17) is 16.3 Å². The first kappa shape index (κ1) is 17.6. The molecule has 0 unspecified atom stereocenters. The Kier molecular flexibility index (Phi) is 5.88. The zero-order valence-electron chi connectivity index (χ0n) is 13.2. The van der Waals surface area contributed by atoms with Crippen LogP contribution in [-0.2, 0) is 9.59 Å². The molecule has 5 nitrogen and oxygen atoms in total. The molecule has 1 aromatic carbocycles. The number of benzene rings is 1. The fraction of sp³-hybridized carbons (Fsp3) is 0.529. The van der Waals surface area contributed by atoms with Crippen LogP contribution in [0.4, 0.5) is 0 Å². The van der Waals surface area contributed by atoms with Crippen LogP contribution in [0.25, 0.3) is 0 Å². The van der Waals surface area contributed by atoms with E-state index in [1.165, 1.54) is 0 Å². The number of hydrogen-bond donors (Lipinski definition) is 2. The topological polar surface area (TPSA) is 75.6 Å². The second-order valence-electron chi connectivity index (χ2n) is 6.08. The molecule has 1 aliphatic rings. The van der Waals surface area contributed by atoms with Crippen LogP contribution in [0.15, 0.2) is 18.2 Å². The van der Waals surface area contributed by atoms with Crippen LogP contribution < -0.4 is 10.1 Å². The van der Waals surface area contributed by atoms with Crippen molar-refractivity contribution in [3.63, 3.8) is 0 Å². The minimum atomic E-state index is -0.861. The highest BCUT2D eigenvalue weighted by Crippen LogP contribution is 2.44. The summed E-state index contributed by atoms with van der Waals surface area (Å²) in [5.74, 6) is -0.282. The van der Waals surface area contributed by atoms with Crippen molar-refractivity contribution in [2.24, 2.45) is 5.41 Å². The van der Waals surface area contributed by atoms with Gasteiger partial charge in [0.05, 0.1) is 12.0 Å². The number of carboxylic acids is 1. The van der Waals surface area contributed by atoms with Gasteiger partial charge in [0.25, 0.3) is 0 Å². The van der Waals surface area contributed by atoms with Crippen LogP contribution >= 0.6 is 11.6 Å². The van der Waals surface area contributed by atoms with Gasteiger partial charge in [-0.15, -0.1) is 0 Å². The van der Waals surface area contributed by atoms with Gasteiger partial charge in [0, 0.05) is 18.0 Å². The van der Waals surface area contributed by atoms with Gasteiger partial charge in [-0.05, 0) is 49.9 Å². The van der Waals surface area contributed by atoms with Crippen LogP contribution in [-0.4, -0.2) is 30.1 Å². The average molecular weight is 340 g/mol. The van der Waals surface area contributed by atoms with Gasteiger partial charge in [-0.25, -0.2) is 0 Å². The summed E-state index contributed by atoms with van der Waals surface area (Å²) in [5, 5.41) is 12.6. The first-order chi connectivity index (χ1) is 10.9. The molecule has 1 fully saturated rings. The number of halogens is 1. The van der Waals surface area contributed by atoms with E-state index in [2.05, 4.69) is 5.32 Å². The van der Waals surface area contributed by atoms with Crippen LogP contribution in [0.5, 0.6) is 5.75 Å². The molecule has 1 saturated carbocycles. The minimum absolute atomic E-state index is 0.0689. The summed E-state index contributed by atoms with van der Waals surface area (Å²) in [5.41, 5.74) is 0.135. The Labute approximate surface area is 141 Å². The number of aliphatic carboxylic acids is 1. The maximum absolute atomic E-state index is 11.9. The Morgan fingerprint density at radius 3 is 2.70 bits per heavy atom. The molecule has 23 heavy (non-hydrogen) atoms. The molecule has 2 rings (SSSR count). The second-order valence-corrected chi connectivity index (χ2v) is 6.51. The molecule has 0 aliphatic heterocycles. The highest BCUT2D eigenvalue weighted by atomic mass is 35.5. The molecule has 6 heteroatoms. The number of hydrogen-bond acceptors (Lipinski definition) is 3. The Morgan fingerprint density at radius 1 is 1.39 bits per heavy atom. The Balaban J connectivity index is 1.65. The predicted molar refractivity (Wildman–Crippen MR) is 87.8 cm³/mol. The van der Waals surface area contributed by atoms with Gasteiger partial charge in [-0.3, -0.25) is 9.59 Å². The average Bonchev–Trinajstić information content (AvgIpc) is 2.44. The third kappa shape index (κ3) is 4.61. The van der Waals surface area contributed by atoms with Gasteiger partial charge in [0.2, 0.25) is 5.91 Å². The van der Waals surface area contributed by atoms with Crippen molar-refractivity contribution >= 4 is 23.5 Å². The van der Waals surface area contributed by atoms with E-state index >= 15 is 0 Å². The van der Waals surface area contributed by atoms with E-state index in [0.29, 0.717) is 37.4 Å². The molecule has 0 spiro atoms. The molecule has 0 heterocycles. The lowest BCUT2D eigenvalue weighted by Crippen LogP contribution is -2.42. The number of carboxylic acid groups (broad SMARTS) is 1. The van der Waals surface area contributed by atoms with E-state index in [9.17, 15) is 14.7 Å². The highest BCUT2D eigenvalue weighted by Gasteiger charge is 2.45. The number of rotatable bonds is 8. The molecule has 0 aromatic heterocycles. The summed E-state index contributed by atoms with van der Waals surface area (Å²) in [6.45, 7) is 2.88. The first-order valence-electron chi connectivity index (χ1n) is 7.82. The summed E-state index contributed by atoms with van der Waals surface area (Å²) in [6, 6.07) is 5.43. The summed E-state index contributed by atoms with van der Waals surface area (Å²) >= 11 is 5.88. The number of carbonyl (C=O) groups excluding carboxylic acids is 1. The van der Waals surface area contributed by atoms with Crippen LogP contribution in [0.2, 0.25) is 5.02 Å². The molecule has 0 radical (unpaired) electrons. The van der Waals surface area contributed by atoms with Crippen molar-refractivity contribution < 1.29 is 19.4 Å². The SMILES string of the molecule is Cc1cc(Cl)ccc1OCCCNC(=O)CC1(C(=O)O)CCC1. The fourth-order valence-electron chi connectivity index (χ4n) is 2.70. The van der Waals surface area contributed by atoms with Crippen molar-refractivity contribution in [1.82, 2.24) is 5.32 Å². The summed E-state index contributed by atoms with van der Waals surface area (Å²) in [7, 11) is 0. The molecule has 0 atom stereocenters. The Bertz CT molecular complexity index is 584. The highest BCUT2D eigenvalue weighted by molar-refractivity contribution is 6.30. The van der Waals surface area contributed by atoms with Crippen molar-refractivity contribution in [1.29, 1.82) is 0 Å². The van der Waals surface area contributed by atoms with Crippen LogP contribution in [0.1, 0.15) is 37.7 Å². The molecule has 1 aliphatic carbocycles. The quantitative estimate of drug-likeness (QED) is 0.713. The van der Waals surface area contributed by atoms with Crippen molar-refractivity contribution in [2.45, 2.75) is 39.0 Å². The lowest BCUT2D eigenvalue weighted by molar-refractivity contribution is -0.157. The number of carbonyl (C=O) groups is 2. The van der Waals surface area contributed by atoms with Gasteiger partial charge in [-0.1, -0.05) is 18.0 Å². The van der Waals surface area contributed by atoms with Crippen molar-refractivity contribution in [2.75, 3.05) is 13.2 Å². The Morgan fingerprint density at radius 2 is 2.13 bits per heavy atom. The molecule has 126 valence electrons. The molecular formula is C17H22ClNO4. The van der Waals surface area contributed by atoms with Crippen molar-refractivity contribution in [3.8, 4) is 5.75 Å². The standard InChI is InChI=1S/C17H22ClNO4/c1-12-10-13(18)4-5-14(12)23-9-3-8-19-15(20)11-17(16(21)22)6-2-7-17/h4-5,10H,2-3,6-9,11H2,1H3,(H,19,20)(H,21,22). The van der Waals surface area contributed by atoms with E-state index in [1.807, 2.05) is 19.1 Å². The predicted octanol–water partition coefficient (Wildman–Crippen LogP) is 3.18. The van der Waals surface area contributed by atoms with Gasteiger partial charge in [0.15, 0.2) is 0 Å². The Hall–Kier alpha value is -1.75. The van der Waals surface area contributed by atoms with Crippen molar-refractivity contribution in [3.05, 3.63) is 28.8 Å². The molecule has 2 N–H and O–H groups in total. The normalized spacial score (nSPS) is 15.6. The number of aryl methyl sites for hydroxylation is 1. The minimum Gasteiger partial charge on any atom is -0.493 e. The second kappa shape index (κ2) is 7.68. The van der Waals surface area contributed by atoms with Gasteiger partial charge in [0.1, 0.15) is 5.75 Å². The van der Waals surface area contributed by atoms with E-state index in [1.54, 1.807) is 6.07 Å². The van der Waals surface area contributed by atoms with Crippen LogP contribution in [0.3, 0.4) is 0 Å². The zero-order valence-corrected chi connectivity index (χ0v) is 14.0. The molecule has 1 amide bonds. The smallest absolute Gasteiger partial charge is 0.310 e. The lowest BCUT2D eigenvalue weighted by Gasteiger charge is -2.36. The first-order valence-corrected chi connectivity index (χ1v) is 8.20. The fourth-order valence-corrected chi connectivity index (χ4v) is 2.92. The van der Waals surface area contributed by atoms with Gasteiger partial charge < -0.3 is 15.2 Å². The largest absolute Gasteiger partial charge is 0.493 e. The third-order valence-electron chi connectivity index (χ3n) is 4.30. The monoisotopic (exact) mass is 339 g/mol. The number of amides is 1. The van der Waals surface area contributed by atoms with Gasteiger partial charge >= 0.3 is 5.97 Å². The molecule has 0 saturated heterocycles. The van der Waals surface area contributed by atoms with E-state index < -0.39 is 11.4 Å². The molecule has 1 aromatic rings. The van der Waals surface area contributed by atoms with E-state index in [0.717, 1.165) is 17.7 Å². The zero-order chi connectivity index (χ0) is 16.9. The number of ether oxygens (including phenoxy) is 1. The maximum Gasteiger partial charge on any atom is 0.310 e. The summed E-state index contributed by atoms with van der Waals surface area (Å²) in [6.07, 6.45) is 2.80. The van der Waals surface area contributed by atoms with E-state index in [-0.39, 0.29) is 12.3 Å². The lowest BCUT2D eigenvalue weighted by atomic mass is 9.66. The third-order valence-corrected chi connectivity index (χ3v) is 4.54. The summed E-state index contributed by atoms with van der Waals surface area (Å²) < 4.78 is 5.64. The van der Waals surface area contributed by atoms with Crippen LogP contribution in [0, 0.1) is 12.3 Å². The maximum atomic E-state index is 11.9. The molecular weight excluding hydrogens is 318 g/mol. The van der Waals surface area contributed by atoms with Gasteiger partial charge in [-0.2, -0.15) is 0 Å². The molecule has 0 bridgehead atoms.